The average Bonchev–Trinajstić information content (AvgIpc) is 3.22. The maximum Gasteiger partial charge on any atom is 0.309 e. The summed E-state index contributed by atoms with van der Waals surface area (Å²) >= 11 is 0. The third-order valence-corrected chi connectivity index (χ3v) is 8.73. The van der Waals surface area contributed by atoms with Gasteiger partial charge >= 0.3 is 17.9 Å². The molecule has 0 aromatic carbocycles. The van der Waals surface area contributed by atoms with E-state index >= 15 is 0 Å². The summed E-state index contributed by atoms with van der Waals surface area (Å²) in [5, 5.41) is 0. The Bertz CT molecular complexity index is 1290. The molecule has 0 fully saturated rings. The molecule has 0 heterocycles. The summed E-state index contributed by atoms with van der Waals surface area (Å²) in [5.41, 5.74) is 0. The van der Waals surface area contributed by atoms with Crippen molar-refractivity contribution in [2.24, 2.45) is 0 Å². The highest BCUT2D eigenvalue weighted by Gasteiger charge is 2.19. The maximum atomic E-state index is 12.7. The van der Waals surface area contributed by atoms with Gasteiger partial charge in [0.15, 0.2) is 6.10 Å². The molecule has 1 atom stereocenters. The predicted octanol–water partition coefficient (Wildman–Crippen LogP) is 14.6. The van der Waals surface area contributed by atoms with E-state index in [0.29, 0.717) is 6.42 Å². The SMILES string of the molecule is CC/C=C\C/C=C\C/C=C\C/C=C\C/C=C\C/C=C\CCC(=O)OCC(COC(=O)C/C=C\C/C=C\C/C=C\CC)OC(=O)CCCCCCC/C=C\CCCCC. The quantitative estimate of drug-likeness (QED) is 0.0268. The molecule has 6 heteroatoms. The summed E-state index contributed by atoms with van der Waals surface area (Å²) in [6.07, 6.45) is 62.3. The molecule has 324 valence electrons. The summed E-state index contributed by atoms with van der Waals surface area (Å²) in [7, 11) is 0. The maximum absolute atomic E-state index is 12.7. The van der Waals surface area contributed by atoms with Gasteiger partial charge in [0.2, 0.25) is 0 Å². The number of allylic oxidation sites excluding steroid dienone is 19. The van der Waals surface area contributed by atoms with Crippen LogP contribution < -0.4 is 0 Å². The van der Waals surface area contributed by atoms with E-state index in [4.69, 9.17) is 14.2 Å². The molecule has 6 nitrogen and oxygen atoms in total. The van der Waals surface area contributed by atoms with Gasteiger partial charge < -0.3 is 14.2 Å². The molecular weight excluding hydrogens is 721 g/mol. The van der Waals surface area contributed by atoms with Crippen molar-refractivity contribution in [1.29, 1.82) is 0 Å². The van der Waals surface area contributed by atoms with E-state index in [1.54, 1.807) is 6.08 Å². The van der Waals surface area contributed by atoms with Gasteiger partial charge in [0.1, 0.15) is 13.2 Å². The lowest BCUT2D eigenvalue weighted by Gasteiger charge is -2.18. The fourth-order valence-corrected chi connectivity index (χ4v) is 5.40. The third-order valence-electron chi connectivity index (χ3n) is 8.73. The summed E-state index contributed by atoms with van der Waals surface area (Å²) < 4.78 is 16.5. The Labute approximate surface area is 354 Å². The zero-order chi connectivity index (χ0) is 42.3. The molecule has 0 bridgehead atoms. The van der Waals surface area contributed by atoms with E-state index in [1.807, 2.05) is 18.2 Å². The lowest BCUT2D eigenvalue weighted by Crippen LogP contribution is -2.30. The molecule has 0 spiro atoms. The number of carbonyl (C=O) groups is 3. The molecule has 0 aromatic heterocycles. The molecule has 1 unspecified atom stereocenters. The standard InChI is InChI=1S/C52H80O6/c1-4-7-10-13-16-19-21-23-24-25-26-27-28-29-31-33-36-39-42-45-51(54)57-48-49(47-56-50(53)44-41-38-35-32-18-15-12-9-6-3)58-52(55)46-43-40-37-34-30-22-20-17-14-11-8-5-2/h7,9-10,12,16-20,23-24,26-27,29,31-32,36,38-39,41,49H,4-6,8,11,13-15,21-22,25,28,30,33-35,37,40,42-48H2,1-3H3/b10-7-,12-9-,19-16-,20-17-,24-23-,27-26-,31-29-,32-18-,39-36-,41-38-. The van der Waals surface area contributed by atoms with E-state index in [1.165, 1.54) is 25.7 Å². The van der Waals surface area contributed by atoms with Gasteiger partial charge in [-0.15, -0.1) is 0 Å². The molecule has 0 aliphatic rings. The Morgan fingerprint density at radius 1 is 0.379 bits per heavy atom. The molecular formula is C52H80O6. The first kappa shape index (κ1) is 53.8. The average molecular weight is 801 g/mol. The molecule has 0 rings (SSSR count). The van der Waals surface area contributed by atoms with Crippen molar-refractivity contribution >= 4 is 17.9 Å². The number of hydrogen-bond acceptors (Lipinski definition) is 6. The van der Waals surface area contributed by atoms with Gasteiger partial charge in [-0.25, -0.2) is 0 Å². The first-order chi connectivity index (χ1) is 28.5. The zero-order valence-corrected chi connectivity index (χ0v) is 36.8. The first-order valence-electron chi connectivity index (χ1n) is 22.5. The Morgan fingerprint density at radius 2 is 0.776 bits per heavy atom. The molecule has 0 saturated carbocycles. The van der Waals surface area contributed by atoms with Gasteiger partial charge in [-0.05, 0) is 96.3 Å². The Hall–Kier alpha value is -4.19. The minimum absolute atomic E-state index is 0.116. The van der Waals surface area contributed by atoms with Crippen LogP contribution in [0.1, 0.15) is 168 Å². The van der Waals surface area contributed by atoms with E-state index in [0.717, 1.165) is 96.3 Å². The van der Waals surface area contributed by atoms with E-state index < -0.39 is 12.1 Å². The molecule has 0 aliphatic carbocycles. The molecule has 0 radical (unpaired) electrons. The molecule has 0 saturated heterocycles. The van der Waals surface area contributed by atoms with Gasteiger partial charge in [-0.1, -0.05) is 174 Å². The summed E-state index contributed by atoms with van der Waals surface area (Å²) in [4.78, 5) is 37.6. The van der Waals surface area contributed by atoms with Crippen LogP contribution in [0, 0.1) is 0 Å². The van der Waals surface area contributed by atoms with E-state index in [2.05, 4.69) is 118 Å². The van der Waals surface area contributed by atoms with Crippen molar-refractivity contribution < 1.29 is 28.6 Å². The number of carbonyl (C=O) groups excluding carboxylic acids is 3. The monoisotopic (exact) mass is 801 g/mol. The lowest BCUT2D eigenvalue weighted by molar-refractivity contribution is -0.166. The number of esters is 3. The van der Waals surface area contributed by atoms with Crippen molar-refractivity contribution in [3.63, 3.8) is 0 Å². The van der Waals surface area contributed by atoms with Crippen LogP contribution in [-0.2, 0) is 28.6 Å². The van der Waals surface area contributed by atoms with Crippen LogP contribution in [0.2, 0.25) is 0 Å². The summed E-state index contributed by atoms with van der Waals surface area (Å²) in [5.74, 6) is -1.18. The number of rotatable bonds is 38. The lowest BCUT2D eigenvalue weighted by atomic mass is 10.1. The molecule has 58 heavy (non-hydrogen) atoms. The largest absolute Gasteiger partial charge is 0.462 e. The predicted molar refractivity (Wildman–Crippen MR) is 246 cm³/mol. The second-order valence-electron chi connectivity index (χ2n) is 14.2. The second-order valence-corrected chi connectivity index (χ2v) is 14.2. The highest BCUT2D eigenvalue weighted by molar-refractivity contribution is 5.72. The number of ether oxygens (including phenoxy) is 3. The Morgan fingerprint density at radius 3 is 1.28 bits per heavy atom. The summed E-state index contributed by atoms with van der Waals surface area (Å²) in [6, 6.07) is 0. The molecule has 0 amide bonds. The van der Waals surface area contributed by atoms with Gasteiger partial charge in [-0.2, -0.15) is 0 Å². The zero-order valence-electron chi connectivity index (χ0n) is 36.8. The van der Waals surface area contributed by atoms with E-state index in [-0.39, 0.29) is 44.4 Å². The van der Waals surface area contributed by atoms with Gasteiger partial charge in [0.05, 0.1) is 6.42 Å². The van der Waals surface area contributed by atoms with Crippen LogP contribution in [0.25, 0.3) is 0 Å². The van der Waals surface area contributed by atoms with Gasteiger partial charge in [-0.3, -0.25) is 14.4 Å². The smallest absolute Gasteiger partial charge is 0.309 e. The Balaban J connectivity index is 4.56. The first-order valence-corrected chi connectivity index (χ1v) is 22.5. The van der Waals surface area contributed by atoms with Crippen molar-refractivity contribution in [2.45, 2.75) is 175 Å². The van der Waals surface area contributed by atoms with Crippen LogP contribution in [0.15, 0.2) is 122 Å². The fourth-order valence-electron chi connectivity index (χ4n) is 5.40. The van der Waals surface area contributed by atoms with Crippen molar-refractivity contribution in [3.8, 4) is 0 Å². The number of hydrogen-bond donors (Lipinski definition) is 0. The molecule has 0 aromatic rings. The van der Waals surface area contributed by atoms with Crippen LogP contribution in [-0.4, -0.2) is 37.2 Å². The van der Waals surface area contributed by atoms with Crippen molar-refractivity contribution in [2.75, 3.05) is 13.2 Å². The van der Waals surface area contributed by atoms with E-state index in [9.17, 15) is 14.4 Å². The van der Waals surface area contributed by atoms with Crippen LogP contribution >= 0.6 is 0 Å². The topological polar surface area (TPSA) is 78.9 Å². The molecule has 0 aliphatic heterocycles. The van der Waals surface area contributed by atoms with Crippen molar-refractivity contribution in [3.05, 3.63) is 122 Å². The third kappa shape index (κ3) is 42.9. The van der Waals surface area contributed by atoms with Crippen molar-refractivity contribution in [1.82, 2.24) is 0 Å². The minimum atomic E-state index is -0.849. The normalized spacial score (nSPS) is 13.2. The van der Waals surface area contributed by atoms with Crippen LogP contribution in [0.5, 0.6) is 0 Å². The fraction of sp³-hybridized carbons (Fsp3) is 0.558. The van der Waals surface area contributed by atoms with Crippen LogP contribution in [0.4, 0.5) is 0 Å². The second kappa shape index (κ2) is 45.5. The summed E-state index contributed by atoms with van der Waals surface area (Å²) in [6.45, 7) is 6.17. The van der Waals surface area contributed by atoms with Crippen LogP contribution in [0.3, 0.4) is 0 Å². The van der Waals surface area contributed by atoms with Gasteiger partial charge in [0.25, 0.3) is 0 Å². The van der Waals surface area contributed by atoms with Gasteiger partial charge in [0, 0.05) is 12.8 Å². The highest BCUT2D eigenvalue weighted by Crippen LogP contribution is 2.11. The number of unbranched alkanes of at least 4 members (excludes halogenated alkanes) is 8. The molecule has 0 N–H and O–H groups in total. The Kier molecular flexibility index (Phi) is 42.2. The minimum Gasteiger partial charge on any atom is -0.462 e. The highest BCUT2D eigenvalue weighted by atomic mass is 16.6.